The maximum atomic E-state index is 9.65. The third-order valence-electron chi connectivity index (χ3n) is 3.00. The lowest BCUT2D eigenvalue weighted by atomic mass is 9.99. The van der Waals surface area contributed by atoms with E-state index in [1.165, 1.54) is 0 Å². The van der Waals surface area contributed by atoms with Gasteiger partial charge in [-0.05, 0) is 24.1 Å². The zero-order valence-corrected chi connectivity index (χ0v) is 10.2. The minimum Gasteiger partial charge on any atom is -0.497 e. The lowest BCUT2D eigenvalue weighted by molar-refractivity contribution is -0.0449. The van der Waals surface area contributed by atoms with E-state index in [4.69, 9.17) is 14.2 Å². The minimum absolute atomic E-state index is 0.0808. The van der Waals surface area contributed by atoms with Crippen molar-refractivity contribution in [2.45, 2.75) is 25.0 Å². The molecular formula is C13H18O4. The molecule has 0 spiro atoms. The number of aliphatic hydroxyl groups is 1. The molecule has 4 heteroatoms. The maximum Gasteiger partial charge on any atom is 0.122 e. The zero-order chi connectivity index (χ0) is 12.3. The molecule has 1 heterocycles. The average Bonchev–Trinajstić information content (AvgIpc) is 2.38. The summed E-state index contributed by atoms with van der Waals surface area (Å²) in [7, 11) is 3.24. The van der Waals surface area contributed by atoms with Gasteiger partial charge >= 0.3 is 0 Å². The smallest absolute Gasteiger partial charge is 0.122 e. The van der Waals surface area contributed by atoms with E-state index in [-0.39, 0.29) is 12.2 Å². The number of hydrogen-bond acceptors (Lipinski definition) is 4. The Hall–Kier alpha value is -1.26. The van der Waals surface area contributed by atoms with Gasteiger partial charge in [0.05, 0.1) is 26.4 Å². The van der Waals surface area contributed by atoms with Crippen LogP contribution >= 0.6 is 0 Å². The number of aliphatic hydroxyl groups excluding tert-OH is 1. The van der Waals surface area contributed by atoms with Gasteiger partial charge in [-0.3, -0.25) is 0 Å². The normalized spacial score (nSPS) is 24.4. The lowest BCUT2D eigenvalue weighted by Gasteiger charge is -2.27. The van der Waals surface area contributed by atoms with Gasteiger partial charge in [-0.25, -0.2) is 0 Å². The highest BCUT2D eigenvalue weighted by Crippen LogP contribution is 2.33. The minimum atomic E-state index is -0.286. The molecule has 0 amide bonds. The second-order valence-electron chi connectivity index (χ2n) is 4.18. The van der Waals surface area contributed by atoms with Crippen molar-refractivity contribution in [2.75, 3.05) is 20.8 Å². The summed E-state index contributed by atoms with van der Waals surface area (Å²) in [5, 5.41) is 9.65. The van der Waals surface area contributed by atoms with E-state index in [1.807, 2.05) is 18.2 Å². The van der Waals surface area contributed by atoms with Gasteiger partial charge in [-0.15, -0.1) is 0 Å². The van der Waals surface area contributed by atoms with Gasteiger partial charge in [0.25, 0.3) is 0 Å². The average molecular weight is 238 g/mol. The largest absolute Gasteiger partial charge is 0.497 e. The van der Waals surface area contributed by atoms with Crippen molar-refractivity contribution in [3.63, 3.8) is 0 Å². The Kier molecular flexibility index (Phi) is 3.86. The number of hydrogen-bond donors (Lipinski definition) is 1. The molecule has 1 aromatic rings. The summed E-state index contributed by atoms with van der Waals surface area (Å²) in [6.07, 6.45) is 0.960. The van der Waals surface area contributed by atoms with Gasteiger partial charge < -0.3 is 19.3 Å². The predicted molar refractivity (Wildman–Crippen MR) is 63.5 cm³/mol. The van der Waals surface area contributed by atoms with Crippen LogP contribution in [-0.4, -0.2) is 32.0 Å². The Morgan fingerprint density at radius 2 is 1.82 bits per heavy atom. The van der Waals surface area contributed by atoms with Crippen molar-refractivity contribution in [3.8, 4) is 11.5 Å². The molecule has 17 heavy (non-hydrogen) atoms. The van der Waals surface area contributed by atoms with Crippen LogP contribution in [0.5, 0.6) is 11.5 Å². The highest BCUT2D eigenvalue weighted by atomic mass is 16.5. The Morgan fingerprint density at radius 3 is 2.35 bits per heavy atom. The van der Waals surface area contributed by atoms with E-state index in [2.05, 4.69) is 0 Å². The molecule has 0 saturated carbocycles. The van der Waals surface area contributed by atoms with Gasteiger partial charge in [0.15, 0.2) is 0 Å². The summed E-state index contributed by atoms with van der Waals surface area (Å²) in [5.41, 5.74) is 0.986. The highest BCUT2D eigenvalue weighted by Gasteiger charge is 2.23. The molecule has 0 radical (unpaired) electrons. The molecule has 0 aromatic heterocycles. The Bertz CT molecular complexity index is 355. The maximum absolute atomic E-state index is 9.65. The first-order valence-electron chi connectivity index (χ1n) is 5.75. The molecule has 94 valence electrons. The van der Waals surface area contributed by atoms with E-state index < -0.39 is 0 Å². The van der Waals surface area contributed by atoms with Crippen LogP contribution in [0.25, 0.3) is 0 Å². The van der Waals surface area contributed by atoms with Crippen molar-refractivity contribution >= 4 is 0 Å². The third-order valence-corrected chi connectivity index (χ3v) is 3.00. The summed E-state index contributed by atoms with van der Waals surface area (Å²) in [6.45, 7) is 0.589. The van der Waals surface area contributed by atoms with E-state index in [0.29, 0.717) is 19.4 Å². The summed E-state index contributed by atoms with van der Waals surface area (Å²) in [6, 6.07) is 5.67. The SMILES string of the molecule is COc1cc(OC)cc(C2CC(O)CCO2)c1. The summed E-state index contributed by atoms with van der Waals surface area (Å²) in [4.78, 5) is 0. The van der Waals surface area contributed by atoms with Crippen molar-refractivity contribution in [1.82, 2.24) is 0 Å². The highest BCUT2D eigenvalue weighted by molar-refractivity contribution is 5.39. The second-order valence-corrected chi connectivity index (χ2v) is 4.18. The van der Waals surface area contributed by atoms with E-state index in [1.54, 1.807) is 14.2 Å². The van der Waals surface area contributed by atoms with Crippen LogP contribution in [0.15, 0.2) is 18.2 Å². The topological polar surface area (TPSA) is 47.9 Å². The zero-order valence-electron chi connectivity index (χ0n) is 10.2. The molecule has 0 bridgehead atoms. The molecule has 1 aliphatic rings. The van der Waals surface area contributed by atoms with Crippen LogP contribution < -0.4 is 9.47 Å². The van der Waals surface area contributed by atoms with E-state index >= 15 is 0 Å². The van der Waals surface area contributed by atoms with Crippen molar-refractivity contribution < 1.29 is 19.3 Å². The molecule has 1 fully saturated rings. The fraction of sp³-hybridized carbons (Fsp3) is 0.538. The Labute approximate surface area is 101 Å². The number of rotatable bonds is 3. The van der Waals surface area contributed by atoms with E-state index in [0.717, 1.165) is 17.1 Å². The first kappa shape index (κ1) is 12.2. The lowest BCUT2D eigenvalue weighted by Crippen LogP contribution is -2.23. The second kappa shape index (κ2) is 5.38. The molecule has 1 aliphatic heterocycles. The quantitative estimate of drug-likeness (QED) is 0.874. The van der Waals surface area contributed by atoms with Crippen LogP contribution in [0.3, 0.4) is 0 Å². The molecule has 1 saturated heterocycles. The molecule has 1 N–H and O–H groups in total. The van der Waals surface area contributed by atoms with Crippen LogP contribution in [-0.2, 0) is 4.74 Å². The third kappa shape index (κ3) is 2.90. The summed E-state index contributed by atoms with van der Waals surface area (Å²) < 4.78 is 16.1. The van der Waals surface area contributed by atoms with Gasteiger partial charge in [0.2, 0.25) is 0 Å². The Balaban J connectivity index is 2.23. The fourth-order valence-corrected chi connectivity index (χ4v) is 2.03. The fourth-order valence-electron chi connectivity index (χ4n) is 2.03. The summed E-state index contributed by atoms with van der Waals surface area (Å²) >= 11 is 0. The van der Waals surface area contributed by atoms with Gasteiger partial charge in [-0.2, -0.15) is 0 Å². The Morgan fingerprint density at radius 1 is 1.18 bits per heavy atom. The first-order valence-corrected chi connectivity index (χ1v) is 5.75. The first-order chi connectivity index (χ1) is 8.22. The number of ether oxygens (including phenoxy) is 3. The van der Waals surface area contributed by atoms with Gasteiger partial charge in [-0.1, -0.05) is 0 Å². The van der Waals surface area contributed by atoms with Crippen LogP contribution in [0.4, 0.5) is 0 Å². The van der Waals surface area contributed by atoms with Crippen molar-refractivity contribution in [3.05, 3.63) is 23.8 Å². The number of benzene rings is 1. The van der Waals surface area contributed by atoms with Crippen LogP contribution in [0.1, 0.15) is 24.5 Å². The molecule has 4 nitrogen and oxygen atoms in total. The molecular weight excluding hydrogens is 220 g/mol. The standard InChI is InChI=1S/C13H18O4/c1-15-11-5-9(6-12(8-11)16-2)13-7-10(14)3-4-17-13/h5-6,8,10,13-14H,3-4,7H2,1-2H3. The molecule has 2 unspecified atom stereocenters. The summed E-state index contributed by atoms with van der Waals surface area (Å²) in [5.74, 6) is 1.48. The molecule has 2 rings (SSSR count). The molecule has 0 aliphatic carbocycles. The van der Waals surface area contributed by atoms with Crippen LogP contribution in [0.2, 0.25) is 0 Å². The monoisotopic (exact) mass is 238 g/mol. The van der Waals surface area contributed by atoms with E-state index in [9.17, 15) is 5.11 Å². The van der Waals surface area contributed by atoms with Gasteiger partial charge in [0, 0.05) is 19.1 Å². The number of methoxy groups -OCH3 is 2. The molecule has 2 atom stereocenters. The van der Waals surface area contributed by atoms with Crippen molar-refractivity contribution in [1.29, 1.82) is 0 Å². The van der Waals surface area contributed by atoms with Gasteiger partial charge in [0.1, 0.15) is 11.5 Å². The predicted octanol–water partition coefficient (Wildman–Crippen LogP) is 1.92. The van der Waals surface area contributed by atoms with Crippen LogP contribution in [0, 0.1) is 0 Å². The van der Waals surface area contributed by atoms with Crippen molar-refractivity contribution in [2.24, 2.45) is 0 Å². The molecule has 1 aromatic carbocycles.